The third-order valence-electron chi connectivity index (χ3n) is 3.11. The van der Waals surface area contributed by atoms with E-state index in [1.165, 1.54) is 23.3 Å². The van der Waals surface area contributed by atoms with Crippen LogP contribution in [0.4, 0.5) is 4.39 Å². The van der Waals surface area contributed by atoms with Gasteiger partial charge in [-0.1, -0.05) is 23.8 Å². The Bertz CT molecular complexity index is 617. The Morgan fingerprint density at radius 1 is 1.10 bits per heavy atom. The van der Waals surface area contributed by atoms with Gasteiger partial charge in [-0.2, -0.15) is 0 Å². The molecule has 0 unspecified atom stereocenters. The van der Waals surface area contributed by atoms with Crippen LogP contribution < -0.4 is 5.46 Å². The highest BCUT2D eigenvalue weighted by molar-refractivity contribution is 7.98. The van der Waals surface area contributed by atoms with Gasteiger partial charge in [0.05, 0.1) is 0 Å². The molecule has 2 N–H and O–H groups in total. The standard InChI is InChI=1S/C15H16BFO2S/c1-10-3-4-11(2)15(7-10)20-9-12-5-6-13(17)8-14(12)16(18)19/h3-8,18-19H,9H2,1-2H3. The van der Waals surface area contributed by atoms with Crippen molar-refractivity contribution in [2.45, 2.75) is 24.5 Å². The van der Waals surface area contributed by atoms with Gasteiger partial charge in [0.15, 0.2) is 0 Å². The highest BCUT2D eigenvalue weighted by Gasteiger charge is 2.17. The van der Waals surface area contributed by atoms with E-state index in [0.717, 1.165) is 10.5 Å². The molecule has 0 bridgehead atoms. The maximum absolute atomic E-state index is 13.2. The Kier molecular flexibility index (Phi) is 4.86. The maximum atomic E-state index is 13.2. The second-order valence-corrected chi connectivity index (χ2v) is 5.79. The Hall–Kier alpha value is -1.30. The predicted octanol–water partition coefficient (Wildman–Crippen LogP) is 2.41. The predicted molar refractivity (Wildman–Crippen MR) is 81.7 cm³/mol. The number of thioether (sulfide) groups is 1. The van der Waals surface area contributed by atoms with Crippen LogP contribution in [0.5, 0.6) is 0 Å². The van der Waals surface area contributed by atoms with Crippen LogP contribution in [-0.4, -0.2) is 17.2 Å². The van der Waals surface area contributed by atoms with Crippen molar-refractivity contribution in [3.63, 3.8) is 0 Å². The normalized spacial score (nSPS) is 10.7. The molecule has 2 aromatic carbocycles. The molecule has 0 amide bonds. The van der Waals surface area contributed by atoms with Crippen molar-refractivity contribution in [2.24, 2.45) is 0 Å². The summed E-state index contributed by atoms with van der Waals surface area (Å²) in [7, 11) is -1.65. The lowest BCUT2D eigenvalue weighted by Gasteiger charge is -2.11. The number of hydrogen-bond donors (Lipinski definition) is 2. The van der Waals surface area contributed by atoms with Crippen LogP contribution >= 0.6 is 11.8 Å². The first-order valence-electron chi connectivity index (χ1n) is 6.32. The highest BCUT2D eigenvalue weighted by atomic mass is 32.2. The molecule has 0 aromatic heterocycles. The minimum Gasteiger partial charge on any atom is -0.423 e. The van der Waals surface area contributed by atoms with Gasteiger partial charge in [-0.3, -0.25) is 0 Å². The van der Waals surface area contributed by atoms with Gasteiger partial charge in [0.25, 0.3) is 0 Å². The van der Waals surface area contributed by atoms with Gasteiger partial charge in [0.2, 0.25) is 0 Å². The third kappa shape index (κ3) is 3.63. The van der Waals surface area contributed by atoms with Crippen molar-refractivity contribution in [1.82, 2.24) is 0 Å². The molecule has 0 fully saturated rings. The summed E-state index contributed by atoms with van der Waals surface area (Å²) in [5, 5.41) is 18.6. The number of benzene rings is 2. The Morgan fingerprint density at radius 3 is 2.55 bits per heavy atom. The van der Waals surface area contributed by atoms with E-state index in [-0.39, 0.29) is 5.46 Å². The average molecular weight is 290 g/mol. The average Bonchev–Trinajstić information content (AvgIpc) is 2.40. The van der Waals surface area contributed by atoms with Crippen LogP contribution in [0.15, 0.2) is 41.3 Å². The van der Waals surface area contributed by atoms with Crippen molar-refractivity contribution >= 4 is 24.3 Å². The molecule has 0 spiro atoms. The lowest BCUT2D eigenvalue weighted by molar-refractivity contribution is 0.425. The van der Waals surface area contributed by atoms with Crippen LogP contribution in [0.25, 0.3) is 0 Å². The van der Waals surface area contributed by atoms with E-state index >= 15 is 0 Å². The molecular weight excluding hydrogens is 274 g/mol. The molecule has 20 heavy (non-hydrogen) atoms. The van der Waals surface area contributed by atoms with E-state index < -0.39 is 12.9 Å². The molecule has 0 aliphatic carbocycles. The van der Waals surface area contributed by atoms with Crippen LogP contribution in [0.3, 0.4) is 0 Å². The van der Waals surface area contributed by atoms with Crippen molar-refractivity contribution < 1.29 is 14.4 Å². The quantitative estimate of drug-likeness (QED) is 0.671. The summed E-state index contributed by atoms with van der Waals surface area (Å²) >= 11 is 1.61. The molecule has 2 rings (SSSR count). The second kappa shape index (κ2) is 6.44. The molecule has 0 radical (unpaired) electrons. The second-order valence-electron chi connectivity index (χ2n) is 4.77. The number of halogens is 1. The summed E-state index contributed by atoms with van der Waals surface area (Å²) in [5.74, 6) is 0.103. The van der Waals surface area contributed by atoms with E-state index in [1.807, 2.05) is 13.8 Å². The van der Waals surface area contributed by atoms with Crippen molar-refractivity contribution in [2.75, 3.05) is 0 Å². The summed E-state index contributed by atoms with van der Waals surface area (Å²) in [6.45, 7) is 4.07. The first kappa shape index (κ1) is 15.1. The van der Waals surface area contributed by atoms with Gasteiger partial charge < -0.3 is 10.0 Å². The van der Waals surface area contributed by atoms with Crippen LogP contribution in [0, 0.1) is 19.7 Å². The zero-order chi connectivity index (χ0) is 14.7. The van der Waals surface area contributed by atoms with E-state index in [2.05, 4.69) is 18.2 Å². The topological polar surface area (TPSA) is 40.5 Å². The van der Waals surface area contributed by atoms with Crippen molar-refractivity contribution in [3.05, 3.63) is 58.9 Å². The summed E-state index contributed by atoms with van der Waals surface area (Å²) in [6, 6.07) is 10.3. The minimum atomic E-state index is -1.65. The van der Waals surface area contributed by atoms with Crippen molar-refractivity contribution in [1.29, 1.82) is 0 Å². The molecular formula is C15H16BFO2S. The van der Waals surface area contributed by atoms with E-state index in [0.29, 0.717) is 5.75 Å². The molecule has 0 atom stereocenters. The Labute approximate surface area is 122 Å². The van der Waals surface area contributed by atoms with E-state index in [9.17, 15) is 14.4 Å². The fourth-order valence-corrected chi connectivity index (χ4v) is 3.09. The van der Waals surface area contributed by atoms with E-state index in [4.69, 9.17) is 0 Å². The van der Waals surface area contributed by atoms with Crippen LogP contribution in [0.1, 0.15) is 16.7 Å². The Morgan fingerprint density at radius 2 is 1.85 bits per heavy atom. The number of aryl methyl sites for hydroxylation is 2. The summed E-state index contributed by atoms with van der Waals surface area (Å²) in [5.41, 5.74) is 3.31. The molecule has 2 nitrogen and oxygen atoms in total. The molecule has 0 aliphatic heterocycles. The van der Waals surface area contributed by atoms with Gasteiger partial charge in [-0.15, -0.1) is 11.8 Å². The van der Waals surface area contributed by atoms with Gasteiger partial charge in [-0.05, 0) is 48.6 Å². The summed E-state index contributed by atoms with van der Waals surface area (Å²) < 4.78 is 13.2. The van der Waals surface area contributed by atoms with Crippen molar-refractivity contribution in [3.8, 4) is 0 Å². The maximum Gasteiger partial charge on any atom is 0.488 e. The zero-order valence-electron chi connectivity index (χ0n) is 11.4. The number of rotatable bonds is 4. The fourth-order valence-electron chi connectivity index (χ4n) is 1.96. The first-order chi connectivity index (χ1) is 9.47. The molecule has 0 heterocycles. The lowest BCUT2D eigenvalue weighted by Crippen LogP contribution is -2.33. The third-order valence-corrected chi connectivity index (χ3v) is 4.32. The first-order valence-corrected chi connectivity index (χ1v) is 7.30. The fraction of sp³-hybridized carbons (Fsp3) is 0.200. The van der Waals surface area contributed by atoms with Gasteiger partial charge in [0, 0.05) is 10.6 Å². The SMILES string of the molecule is Cc1ccc(C)c(SCc2ccc(F)cc2B(O)O)c1. The zero-order valence-corrected chi connectivity index (χ0v) is 12.2. The molecule has 2 aromatic rings. The minimum absolute atomic E-state index is 0.225. The number of hydrogen-bond acceptors (Lipinski definition) is 3. The smallest absolute Gasteiger partial charge is 0.423 e. The summed E-state index contributed by atoms with van der Waals surface area (Å²) in [4.78, 5) is 1.15. The van der Waals surface area contributed by atoms with Crippen LogP contribution in [0.2, 0.25) is 0 Å². The largest absolute Gasteiger partial charge is 0.488 e. The molecule has 104 valence electrons. The Balaban J connectivity index is 2.20. The molecule has 0 saturated heterocycles. The summed E-state index contributed by atoms with van der Waals surface area (Å²) in [6.07, 6.45) is 0. The monoisotopic (exact) mass is 290 g/mol. The lowest BCUT2D eigenvalue weighted by atomic mass is 9.77. The van der Waals surface area contributed by atoms with Gasteiger partial charge in [0.1, 0.15) is 5.82 Å². The molecule has 5 heteroatoms. The van der Waals surface area contributed by atoms with Gasteiger partial charge >= 0.3 is 7.12 Å². The van der Waals surface area contributed by atoms with Crippen LogP contribution in [-0.2, 0) is 5.75 Å². The van der Waals surface area contributed by atoms with E-state index in [1.54, 1.807) is 17.8 Å². The molecule has 0 aliphatic rings. The molecule has 0 saturated carbocycles. The van der Waals surface area contributed by atoms with Gasteiger partial charge in [-0.25, -0.2) is 4.39 Å². The highest BCUT2D eigenvalue weighted by Crippen LogP contribution is 2.26.